The first-order valence-corrected chi connectivity index (χ1v) is 5.35. The van der Waals surface area contributed by atoms with Crippen LogP contribution in [0.15, 0.2) is 28.0 Å². The highest BCUT2D eigenvalue weighted by Gasteiger charge is 2.12. The second-order valence-electron chi connectivity index (χ2n) is 3.94. The van der Waals surface area contributed by atoms with Crippen molar-refractivity contribution in [3.8, 4) is 0 Å². The fourth-order valence-corrected chi connectivity index (χ4v) is 1.54. The van der Waals surface area contributed by atoms with Gasteiger partial charge in [-0.05, 0) is 13.0 Å². The van der Waals surface area contributed by atoms with Crippen LogP contribution in [0, 0.1) is 5.41 Å². The molecule has 19 heavy (non-hydrogen) atoms. The van der Waals surface area contributed by atoms with Gasteiger partial charge in [-0.15, -0.1) is 0 Å². The highest BCUT2D eigenvalue weighted by atomic mass is 16.6. The number of nitrogen functional groups attached to an aromatic ring is 2. The van der Waals surface area contributed by atoms with Crippen molar-refractivity contribution in [3.63, 3.8) is 0 Å². The van der Waals surface area contributed by atoms with Gasteiger partial charge in [0.25, 0.3) is 0 Å². The molecule has 9 heteroatoms. The summed E-state index contributed by atoms with van der Waals surface area (Å²) in [6.07, 6.45) is 2.99. The van der Waals surface area contributed by atoms with Gasteiger partial charge in [-0.3, -0.25) is 10.4 Å². The Hall–Kier alpha value is -2.84. The summed E-state index contributed by atoms with van der Waals surface area (Å²) in [7, 11) is 0. The number of hydrogen-bond acceptors (Lipinski definition) is 7. The van der Waals surface area contributed by atoms with Gasteiger partial charge in [-0.25, -0.2) is 0 Å². The molecule has 0 aliphatic heterocycles. The summed E-state index contributed by atoms with van der Waals surface area (Å²) in [5.41, 5.74) is 11.1. The first-order chi connectivity index (χ1) is 8.93. The van der Waals surface area contributed by atoms with E-state index in [1.807, 2.05) is 0 Å². The number of anilines is 2. The van der Waals surface area contributed by atoms with Gasteiger partial charge in [0.1, 0.15) is 11.4 Å². The van der Waals surface area contributed by atoms with Crippen molar-refractivity contribution in [1.82, 2.24) is 9.69 Å². The Morgan fingerprint density at radius 1 is 1.32 bits per heavy atom. The lowest BCUT2D eigenvalue weighted by Crippen LogP contribution is -2.40. The number of aromatic nitrogens is 2. The maximum atomic E-state index is 9.69. The van der Waals surface area contributed by atoms with Gasteiger partial charge < -0.3 is 26.3 Å². The molecule has 2 aromatic heterocycles. The molecular formula is C10H14N6O3. The fourth-order valence-electron chi connectivity index (χ4n) is 1.54. The summed E-state index contributed by atoms with van der Waals surface area (Å²) >= 11 is 0. The molecule has 0 amide bonds. The third-order valence-electron chi connectivity index (χ3n) is 2.70. The third kappa shape index (κ3) is 2.01. The normalized spacial score (nSPS) is 13.6. The van der Waals surface area contributed by atoms with Crippen molar-refractivity contribution in [1.29, 1.82) is 5.41 Å². The summed E-state index contributed by atoms with van der Waals surface area (Å²) in [6.45, 7) is 1.75. The van der Waals surface area contributed by atoms with Crippen molar-refractivity contribution in [2.24, 2.45) is 4.99 Å². The minimum absolute atomic E-state index is 0.0897. The number of hydrogen-bond donors (Lipinski definition) is 5. The molecule has 0 radical (unpaired) electrons. The van der Waals surface area contributed by atoms with Crippen LogP contribution in [-0.2, 0) is 0 Å². The lowest BCUT2D eigenvalue weighted by molar-refractivity contribution is -0.0316. The predicted octanol–water partition coefficient (Wildman–Crippen LogP) is -0.337. The van der Waals surface area contributed by atoms with E-state index in [1.165, 1.54) is 12.5 Å². The molecule has 0 fully saturated rings. The number of rotatable bonds is 2. The summed E-state index contributed by atoms with van der Waals surface area (Å²) in [6, 6.07) is 1.33. The SMILES string of the molecule is CC(N=c1c(N)c(N)c(=N)n(O)n1O)c1ccoc1. The highest BCUT2D eigenvalue weighted by Crippen LogP contribution is 2.16. The van der Waals surface area contributed by atoms with Gasteiger partial charge in [0.05, 0.1) is 18.6 Å². The molecule has 2 rings (SSSR count). The monoisotopic (exact) mass is 266 g/mol. The average Bonchev–Trinajstić information content (AvgIpc) is 2.93. The minimum Gasteiger partial charge on any atom is -0.472 e. The topological polar surface area (TPSA) is 152 Å². The largest absolute Gasteiger partial charge is 0.472 e. The maximum Gasteiger partial charge on any atom is 0.212 e. The zero-order chi connectivity index (χ0) is 14.2. The summed E-state index contributed by atoms with van der Waals surface area (Å²) in [5, 5.41) is 26.6. The van der Waals surface area contributed by atoms with Crippen LogP contribution in [0.5, 0.6) is 0 Å². The number of nitrogens with zero attached hydrogens (tertiary/aromatic N) is 3. The Balaban J connectivity index is 2.66. The highest BCUT2D eigenvalue weighted by molar-refractivity contribution is 5.58. The second kappa shape index (κ2) is 4.44. The first-order valence-electron chi connectivity index (χ1n) is 5.35. The lowest BCUT2D eigenvalue weighted by Gasteiger charge is -2.11. The molecule has 9 nitrogen and oxygen atoms in total. The quantitative estimate of drug-likeness (QED) is 0.471. The van der Waals surface area contributed by atoms with Gasteiger partial charge in [-0.1, -0.05) is 9.69 Å². The van der Waals surface area contributed by atoms with Crippen LogP contribution in [0.4, 0.5) is 11.4 Å². The van der Waals surface area contributed by atoms with E-state index in [2.05, 4.69) is 4.99 Å². The van der Waals surface area contributed by atoms with E-state index in [9.17, 15) is 10.4 Å². The van der Waals surface area contributed by atoms with E-state index in [4.69, 9.17) is 21.3 Å². The molecular weight excluding hydrogens is 252 g/mol. The van der Waals surface area contributed by atoms with E-state index in [-0.39, 0.29) is 32.6 Å². The van der Waals surface area contributed by atoms with Gasteiger partial charge in [-0.2, -0.15) is 0 Å². The van der Waals surface area contributed by atoms with Crippen LogP contribution in [0.2, 0.25) is 0 Å². The Kier molecular flexibility index (Phi) is 2.95. The molecule has 0 saturated carbocycles. The second-order valence-corrected chi connectivity index (χ2v) is 3.94. The molecule has 0 aromatic carbocycles. The molecule has 0 saturated heterocycles. The van der Waals surface area contributed by atoms with Crippen LogP contribution in [0.3, 0.4) is 0 Å². The zero-order valence-electron chi connectivity index (χ0n) is 10.1. The Bertz CT molecular complexity index is 677. The average molecular weight is 266 g/mol. The molecule has 102 valence electrons. The number of nitrogens with two attached hydrogens (primary N) is 2. The number of furan rings is 1. The van der Waals surface area contributed by atoms with Crippen LogP contribution in [0.1, 0.15) is 18.5 Å². The van der Waals surface area contributed by atoms with Crippen molar-refractivity contribution >= 4 is 11.4 Å². The molecule has 2 heterocycles. The first kappa shape index (κ1) is 12.6. The number of nitrogens with one attached hydrogen (secondary N) is 1. The van der Waals surface area contributed by atoms with Gasteiger partial charge in [0.2, 0.25) is 11.0 Å². The molecule has 0 spiro atoms. The third-order valence-corrected chi connectivity index (χ3v) is 2.70. The molecule has 2 aromatic rings. The minimum atomic E-state index is -0.532. The lowest BCUT2D eigenvalue weighted by atomic mass is 10.2. The molecule has 0 aliphatic carbocycles. The summed E-state index contributed by atoms with van der Waals surface area (Å²) in [4.78, 5) is 4.55. The molecule has 0 aliphatic rings. The van der Waals surface area contributed by atoms with Gasteiger partial charge in [0, 0.05) is 5.56 Å². The molecule has 1 atom stereocenters. The van der Waals surface area contributed by atoms with Crippen LogP contribution in [0.25, 0.3) is 0 Å². The van der Waals surface area contributed by atoms with E-state index in [0.717, 1.165) is 5.56 Å². The summed E-state index contributed by atoms with van der Waals surface area (Å²) < 4.78 is 4.93. The van der Waals surface area contributed by atoms with Crippen molar-refractivity contribution in [3.05, 3.63) is 35.1 Å². The molecule has 1 unspecified atom stereocenters. The van der Waals surface area contributed by atoms with Crippen LogP contribution in [-0.4, -0.2) is 20.1 Å². The van der Waals surface area contributed by atoms with Crippen LogP contribution >= 0.6 is 0 Å². The van der Waals surface area contributed by atoms with Crippen LogP contribution < -0.4 is 22.4 Å². The maximum absolute atomic E-state index is 9.69. The standard InChI is InChI=1S/C10H14N6O3/c1-5(6-2-3-19-4-6)14-10-8(12)7(11)9(13)15(17)16(10)18/h2-5,13,17-18H,11-12H2,1H3. The van der Waals surface area contributed by atoms with Gasteiger partial charge in [0.15, 0.2) is 0 Å². The fraction of sp³-hybridized carbons (Fsp3) is 0.200. The van der Waals surface area contributed by atoms with E-state index in [0.29, 0.717) is 0 Å². The van der Waals surface area contributed by atoms with E-state index < -0.39 is 5.49 Å². The Morgan fingerprint density at radius 2 is 2.00 bits per heavy atom. The van der Waals surface area contributed by atoms with E-state index in [1.54, 1.807) is 13.0 Å². The Morgan fingerprint density at radius 3 is 2.58 bits per heavy atom. The molecule has 0 bridgehead atoms. The Labute approximate surface area is 107 Å². The predicted molar refractivity (Wildman–Crippen MR) is 64.2 cm³/mol. The van der Waals surface area contributed by atoms with Gasteiger partial charge >= 0.3 is 0 Å². The van der Waals surface area contributed by atoms with E-state index >= 15 is 0 Å². The van der Waals surface area contributed by atoms with Crippen molar-refractivity contribution in [2.45, 2.75) is 13.0 Å². The van der Waals surface area contributed by atoms with Crippen molar-refractivity contribution in [2.75, 3.05) is 11.5 Å². The van der Waals surface area contributed by atoms with Crippen molar-refractivity contribution < 1.29 is 14.8 Å². The molecule has 7 N–H and O–H groups in total. The summed E-state index contributed by atoms with van der Waals surface area (Å²) in [5.74, 6) is 0. The zero-order valence-corrected chi connectivity index (χ0v) is 10.1. The smallest absolute Gasteiger partial charge is 0.212 e.